The molecule has 0 bridgehead atoms. The SMILES string of the molecule is CC(=O)N1C=Cc2ccccc2C1CC(=O)NC(CCO)C(C)C. The average Bonchev–Trinajstić information content (AvgIpc) is 2.54. The van der Waals surface area contributed by atoms with Crippen LogP contribution < -0.4 is 5.32 Å². The predicted molar refractivity (Wildman–Crippen MR) is 93.8 cm³/mol. The molecule has 1 aromatic carbocycles. The minimum absolute atomic E-state index is 0.0394. The van der Waals surface area contributed by atoms with Crippen LogP contribution in [0.5, 0.6) is 0 Å². The van der Waals surface area contributed by atoms with E-state index in [1.54, 1.807) is 11.1 Å². The molecule has 130 valence electrons. The van der Waals surface area contributed by atoms with Gasteiger partial charge in [-0.2, -0.15) is 0 Å². The summed E-state index contributed by atoms with van der Waals surface area (Å²) in [5, 5.41) is 12.1. The van der Waals surface area contributed by atoms with Crippen molar-refractivity contribution in [2.24, 2.45) is 5.92 Å². The van der Waals surface area contributed by atoms with Crippen molar-refractivity contribution in [3.8, 4) is 0 Å². The quantitative estimate of drug-likeness (QED) is 0.842. The second kappa shape index (κ2) is 8.11. The van der Waals surface area contributed by atoms with E-state index in [1.165, 1.54) is 6.92 Å². The first-order chi connectivity index (χ1) is 11.4. The lowest BCUT2D eigenvalue weighted by molar-refractivity contribution is -0.130. The highest BCUT2D eigenvalue weighted by molar-refractivity contribution is 5.82. The number of nitrogens with zero attached hydrogens (tertiary/aromatic N) is 1. The fourth-order valence-electron chi connectivity index (χ4n) is 3.07. The number of aliphatic hydroxyl groups excluding tert-OH is 1. The Labute approximate surface area is 143 Å². The van der Waals surface area contributed by atoms with E-state index in [2.05, 4.69) is 5.32 Å². The third-order valence-corrected chi connectivity index (χ3v) is 4.44. The van der Waals surface area contributed by atoms with Crippen LogP contribution in [0, 0.1) is 5.92 Å². The molecule has 0 aliphatic carbocycles. The van der Waals surface area contributed by atoms with Gasteiger partial charge in [-0.15, -0.1) is 0 Å². The summed E-state index contributed by atoms with van der Waals surface area (Å²) < 4.78 is 0. The Morgan fingerprint density at radius 1 is 1.29 bits per heavy atom. The molecule has 2 rings (SSSR count). The van der Waals surface area contributed by atoms with Crippen LogP contribution in [0.2, 0.25) is 0 Å². The second-order valence-electron chi connectivity index (χ2n) is 6.52. The Balaban J connectivity index is 2.17. The molecule has 0 saturated heterocycles. The van der Waals surface area contributed by atoms with Gasteiger partial charge >= 0.3 is 0 Å². The summed E-state index contributed by atoms with van der Waals surface area (Å²) >= 11 is 0. The summed E-state index contributed by atoms with van der Waals surface area (Å²) in [6.07, 6.45) is 4.38. The smallest absolute Gasteiger partial charge is 0.223 e. The van der Waals surface area contributed by atoms with Crippen molar-refractivity contribution in [2.45, 2.75) is 45.7 Å². The fourth-order valence-corrected chi connectivity index (χ4v) is 3.07. The third kappa shape index (κ3) is 4.23. The van der Waals surface area contributed by atoms with Crippen molar-refractivity contribution in [2.75, 3.05) is 6.61 Å². The Bertz CT molecular complexity index is 625. The number of fused-ring (bicyclic) bond motifs is 1. The summed E-state index contributed by atoms with van der Waals surface area (Å²) in [5.41, 5.74) is 2.01. The van der Waals surface area contributed by atoms with Gasteiger partial charge in [0.25, 0.3) is 0 Å². The van der Waals surface area contributed by atoms with Gasteiger partial charge in [0.2, 0.25) is 11.8 Å². The number of carbonyl (C=O) groups excluding carboxylic acids is 2. The van der Waals surface area contributed by atoms with E-state index in [4.69, 9.17) is 5.11 Å². The summed E-state index contributed by atoms with van der Waals surface area (Å²) in [7, 11) is 0. The van der Waals surface area contributed by atoms with Crippen LogP contribution in [-0.2, 0) is 9.59 Å². The summed E-state index contributed by atoms with van der Waals surface area (Å²) in [4.78, 5) is 26.1. The first kappa shape index (κ1) is 18.2. The summed E-state index contributed by atoms with van der Waals surface area (Å²) in [6.45, 7) is 5.58. The van der Waals surface area contributed by atoms with Crippen molar-refractivity contribution >= 4 is 17.9 Å². The van der Waals surface area contributed by atoms with Gasteiger partial charge in [-0.05, 0) is 29.5 Å². The monoisotopic (exact) mass is 330 g/mol. The van der Waals surface area contributed by atoms with Crippen LogP contribution in [0.1, 0.15) is 50.8 Å². The van der Waals surface area contributed by atoms with E-state index < -0.39 is 0 Å². The Hall–Kier alpha value is -2.14. The standard InChI is InChI=1S/C19H26N2O3/c1-13(2)17(9-11-22)20-19(24)12-18-16-7-5-4-6-15(16)8-10-21(18)14(3)23/h4-8,10,13,17-18,22H,9,11-12H2,1-3H3,(H,20,24). The van der Waals surface area contributed by atoms with Gasteiger partial charge in [-0.1, -0.05) is 38.1 Å². The number of amides is 2. The highest BCUT2D eigenvalue weighted by Crippen LogP contribution is 2.32. The first-order valence-corrected chi connectivity index (χ1v) is 8.40. The molecule has 5 nitrogen and oxygen atoms in total. The molecule has 24 heavy (non-hydrogen) atoms. The van der Waals surface area contributed by atoms with Gasteiger partial charge in [-0.25, -0.2) is 0 Å². The second-order valence-corrected chi connectivity index (χ2v) is 6.52. The molecule has 2 N–H and O–H groups in total. The molecule has 0 radical (unpaired) electrons. The van der Waals surface area contributed by atoms with Crippen molar-refractivity contribution in [1.82, 2.24) is 10.2 Å². The lowest BCUT2D eigenvalue weighted by Crippen LogP contribution is -2.41. The summed E-state index contributed by atoms with van der Waals surface area (Å²) in [6, 6.07) is 7.44. The number of carbonyl (C=O) groups is 2. The van der Waals surface area contributed by atoms with Gasteiger partial charge in [0.15, 0.2) is 0 Å². The molecule has 2 unspecified atom stereocenters. The van der Waals surface area contributed by atoms with E-state index in [0.717, 1.165) is 11.1 Å². The fraction of sp³-hybridized carbons (Fsp3) is 0.474. The van der Waals surface area contributed by atoms with Crippen LogP contribution in [0.25, 0.3) is 6.08 Å². The lowest BCUT2D eigenvalue weighted by Gasteiger charge is -2.33. The molecule has 2 amide bonds. The van der Waals surface area contributed by atoms with Gasteiger partial charge in [0.1, 0.15) is 0 Å². The maximum absolute atomic E-state index is 12.5. The van der Waals surface area contributed by atoms with E-state index >= 15 is 0 Å². The van der Waals surface area contributed by atoms with Crippen LogP contribution >= 0.6 is 0 Å². The predicted octanol–water partition coefficient (Wildman–Crippen LogP) is 2.47. The number of benzene rings is 1. The van der Waals surface area contributed by atoms with Crippen LogP contribution in [0.15, 0.2) is 30.5 Å². The zero-order chi connectivity index (χ0) is 17.7. The molecule has 1 aliphatic rings. The first-order valence-electron chi connectivity index (χ1n) is 8.40. The Morgan fingerprint density at radius 2 is 2.00 bits per heavy atom. The molecule has 0 saturated carbocycles. The average molecular weight is 330 g/mol. The highest BCUT2D eigenvalue weighted by Gasteiger charge is 2.29. The molecule has 0 aromatic heterocycles. The molecule has 1 aromatic rings. The van der Waals surface area contributed by atoms with Crippen LogP contribution in [0.4, 0.5) is 0 Å². The minimum atomic E-state index is -0.300. The number of rotatable bonds is 6. The minimum Gasteiger partial charge on any atom is -0.396 e. The van der Waals surface area contributed by atoms with E-state index in [-0.39, 0.29) is 42.8 Å². The number of hydrogen-bond donors (Lipinski definition) is 2. The molecule has 0 fully saturated rings. The number of nitrogens with one attached hydrogen (secondary N) is 1. The van der Waals surface area contributed by atoms with Gasteiger partial charge < -0.3 is 15.3 Å². The molecular formula is C19H26N2O3. The van der Waals surface area contributed by atoms with E-state index in [9.17, 15) is 9.59 Å². The maximum atomic E-state index is 12.5. The molecule has 1 heterocycles. The van der Waals surface area contributed by atoms with Crippen molar-refractivity contribution < 1.29 is 14.7 Å². The molecule has 0 spiro atoms. The molecule has 2 atom stereocenters. The number of aliphatic hydroxyl groups is 1. The Morgan fingerprint density at radius 3 is 2.62 bits per heavy atom. The zero-order valence-corrected chi connectivity index (χ0v) is 14.5. The van der Waals surface area contributed by atoms with Crippen LogP contribution in [0.3, 0.4) is 0 Å². The number of hydrogen-bond acceptors (Lipinski definition) is 3. The highest BCUT2D eigenvalue weighted by atomic mass is 16.3. The topological polar surface area (TPSA) is 69.6 Å². The van der Waals surface area contributed by atoms with Crippen molar-refractivity contribution in [1.29, 1.82) is 0 Å². The Kier molecular flexibility index (Phi) is 6.15. The van der Waals surface area contributed by atoms with Crippen LogP contribution in [-0.4, -0.2) is 34.5 Å². The summed E-state index contributed by atoms with van der Waals surface area (Å²) in [5.74, 6) is 0.0429. The van der Waals surface area contributed by atoms with Crippen molar-refractivity contribution in [3.63, 3.8) is 0 Å². The zero-order valence-electron chi connectivity index (χ0n) is 14.5. The molecule has 5 heteroatoms. The normalized spacial score (nSPS) is 17.5. The molecular weight excluding hydrogens is 304 g/mol. The maximum Gasteiger partial charge on any atom is 0.223 e. The van der Waals surface area contributed by atoms with Crippen molar-refractivity contribution in [3.05, 3.63) is 41.6 Å². The largest absolute Gasteiger partial charge is 0.396 e. The third-order valence-electron chi connectivity index (χ3n) is 4.44. The lowest BCUT2D eigenvalue weighted by atomic mass is 9.93. The van der Waals surface area contributed by atoms with Gasteiger partial charge in [0.05, 0.1) is 12.5 Å². The van der Waals surface area contributed by atoms with E-state index in [1.807, 2.05) is 44.2 Å². The van der Waals surface area contributed by atoms with Gasteiger partial charge in [-0.3, -0.25) is 9.59 Å². The van der Waals surface area contributed by atoms with Gasteiger partial charge in [0, 0.05) is 25.8 Å². The van der Waals surface area contributed by atoms with E-state index in [0.29, 0.717) is 6.42 Å². The molecule has 1 aliphatic heterocycles.